The van der Waals surface area contributed by atoms with E-state index in [1.54, 1.807) is 4.88 Å². The molecular formula is C17H28N2S. The molecule has 1 N–H and O–H groups in total. The highest BCUT2D eigenvalue weighted by atomic mass is 32.1. The first kappa shape index (κ1) is 14.5. The highest BCUT2D eigenvalue weighted by Gasteiger charge is 2.26. The first-order valence-electron chi connectivity index (χ1n) is 8.61. The summed E-state index contributed by atoms with van der Waals surface area (Å²) in [5.74, 6) is 0.758. The molecule has 2 aliphatic carbocycles. The molecule has 112 valence electrons. The molecule has 0 saturated heterocycles. The Kier molecular flexibility index (Phi) is 5.11. The van der Waals surface area contributed by atoms with Crippen molar-refractivity contribution in [2.45, 2.75) is 83.1 Å². The second-order valence-electron chi connectivity index (χ2n) is 6.41. The van der Waals surface area contributed by atoms with Gasteiger partial charge in [0.15, 0.2) is 0 Å². The molecule has 20 heavy (non-hydrogen) atoms. The van der Waals surface area contributed by atoms with Gasteiger partial charge in [-0.1, -0.05) is 39.0 Å². The van der Waals surface area contributed by atoms with Gasteiger partial charge in [0.1, 0.15) is 0 Å². The maximum Gasteiger partial charge on any atom is 0.0962 e. The smallest absolute Gasteiger partial charge is 0.0962 e. The van der Waals surface area contributed by atoms with Gasteiger partial charge in [0.05, 0.1) is 16.7 Å². The van der Waals surface area contributed by atoms with Crippen LogP contribution in [0.15, 0.2) is 0 Å². The first-order chi connectivity index (χ1) is 9.88. The van der Waals surface area contributed by atoms with Crippen LogP contribution >= 0.6 is 11.3 Å². The number of nitrogens with one attached hydrogen (secondary N) is 1. The summed E-state index contributed by atoms with van der Waals surface area (Å²) in [6.45, 7) is 3.26. The Morgan fingerprint density at radius 3 is 2.55 bits per heavy atom. The number of aromatic nitrogens is 1. The summed E-state index contributed by atoms with van der Waals surface area (Å²) in [5.41, 5.74) is 1.40. The van der Waals surface area contributed by atoms with Gasteiger partial charge >= 0.3 is 0 Å². The van der Waals surface area contributed by atoms with E-state index < -0.39 is 0 Å². The van der Waals surface area contributed by atoms with Crippen LogP contribution in [0.1, 0.15) is 92.2 Å². The molecule has 0 bridgehead atoms. The Balaban J connectivity index is 1.76. The second-order valence-corrected chi connectivity index (χ2v) is 7.52. The number of rotatable bonds is 3. The summed E-state index contributed by atoms with van der Waals surface area (Å²) in [6, 6.07) is 0.530. The van der Waals surface area contributed by atoms with Crippen molar-refractivity contribution < 1.29 is 0 Å². The van der Waals surface area contributed by atoms with E-state index in [-0.39, 0.29) is 0 Å². The van der Waals surface area contributed by atoms with Crippen LogP contribution < -0.4 is 5.32 Å². The lowest BCUT2D eigenvalue weighted by Gasteiger charge is -2.21. The quantitative estimate of drug-likeness (QED) is 0.852. The minimum absolute atomic E-state index is 0.530. The summed E-state index contributed by atoms with van der Waals surface area (Å²) < 4.78 is 0. The fourth-order valence-corrected chi connectivity index (χ4v) is 5.10. The number of thiazole rings is 1. The molecule has 0 aliphatic heterocycles. The molecule has 2 aliphatic rings. The van der Waals surface area contributed by atoms with Crippen LogP contribution in [0.25, 0.3) is 0 Å². The molecule has 0 spiro atoms. The van der Waals surface area contributed by atoms with E-state index in [9.17, 15) is 0 Å². The van der Waals surface area contributed by atoms with Crippen LogP contribution in [0, 0.1) is 0 Å². The van der Waals surface area contributed by atoms with Crippen LogP contribution in [0.2, 0.25) is 0 Å². The Hall–Kier alpha value is -0.410. The molecule has 1 saturated carbocycles. The van der Waals surface area contributed by atoms with Gasteiger partial charge in [-0.25, -0.2) is 4.98 Å². The normalized spacial score (nSPS) is 24.9. The highest BCUT2D eigenvalue weighted by molar-refractivity contribution is 7.11. The van der Waals surface area contributed by atoms with Gasteiger partial charge in [0, 0.05) is 10.8 Å². The highest BCUT2D eigenvalue weighted by Crippen LogP contribution is 2.39. The zero-order chi connectivity index (χ0) is 13.8. The Labute approximate surface area is 127 Å². The van der Waals surface area contributed by atoms with E-state index in [1.165, 1.54) is 74.9 Å². The van der Waals surface area contributed by atoms with Gasteiger partial charge in [-0.3, -0.25) is 0 Å². The van der Waals surface area contributed by atoms with E-state index >= 15 is 0 Å². The number of fused-ring (bicyclic) bond motifs is 1. The minimum atomic E-state index is 0.530. The summed E-state index contributed by atoms with van der Waals surface area (Å²) in [4.78, 5) is 6.69. The van der Waals surface area contributed by atoms with Crippen molar-refractivity contribution in [3.05, 3.63) is 15.6 Å². The van der Waals surface area contributed by atoms with Gasteiger partial charge in [-0.15, -0.1) is 11.3 Å². The van der Waals surface area contributed by atoms with E-state index in [1.807, 2.05) is 11.3 Å². The van der Waals surface area contributed by atoms with Crippen molar-refractivity contribution in [1.82, 2.24) is 10.3 Å². The zero-order valence-corrected chi connectivity index (χ0v) is 13.6. The van der Waals surface area contributed by atoms with Crippen molar-refractivity contribution in [1.29, 1.82) is 0 Å². The lowest BCUT2D eigenvalue weighted by atomic mass is 9.91. The number of hydrogen-bond donors (Lipinski definition) is 1. The summed E-state index contributed by atoms with van der Waals surface area (Å²) in [6.07, 6.45) is 13.7. The predicted octanol–water partition coefficient (Wildman–Crippen LogP) is 4.96. The second kappa shape index (κ2) is 7.04. The third-order valence-electron chi connectivity index (χ3n) is 4.88. The number of nitrogens with zero attached hydrogens (tertiary/aromatic N) is 1. The largest absolute Gasteiger partial charge is 0.309 e. The van der Waals surface area contributed by atoms with Crippen molar-refractivity contribution in [3.8, 4) is 0 Å². The fraction of sp³-hybridized carbons (Fsp3) is 0.824. The Morgan fingerprint density at radius 1 is 1.05 bits per heavy atom. The molecule has 1 atom stereocenters. The zero-order valence-electron chi connectivity index (χ0n) is 12.8. The van der Waals surface area contributed by atoms with Gasteiger partial charge in [0.25, 0.3) is 0 Å². The lowest BCUT2D eigenvalue weighted by molar-refractivity contribution is 0.446. The topological polar surface area (TPSA) is 24.9 Å². The predicted molar refractivity (Wildman–Crippen MR) is 86.5 cm³/mol. The third-order valence-corrected chi connectivity index (χ3v) is 6.17. The van der Waals surface area contributed by atoms with Crippen LogP contribution in [0.5, 0.6) is 0 Å². The summed E-state index contributed by atoms with van der Waals surface area (Å²) >= 11 is 2.04. The van der Waals surface area contributed by atoms with Crippen molar-refractivity contribution in [2.75, 3.05) is 6.54 Å². The van der Waals surface area contributed by atoms with E-state index in [4.69, 9.17) is 4.98 Å². The maximum absolute atomic E-state index is 5.10. The average molecular weight is 292 g/mol. The number of hydrogen-bond acceptors (Lipinski definition) is 3. The molecule has 1 fully saturated rings. The molecular weight excluding hydrogens is 264 g/mol. The standard InChI is InChI=1S/C17H28N2S/c1-2-18-14-11-8-12-15-16(14)19-17(20-15)13-9-6-4-3-5-7-10-13/h13-14,18H,2-12H2,1H3. The first-order valence-corrected chi connectivity index (χ1v) is 9.43. The molecule has 1 aromatic heterocycles. The van der Waals surface area contributed by atoms with E-state index in [0.29, 0.717) is 6.04 Å². The van der Waals surface area contributed by atoms with E-state index in [0.717, 1.165) is 12.5 Å². The van der Waals surface area contributed by atoms with Gasteiger partial charge in [0.2, 0.25) is 0 Å². The molecule has 3 rings (SSSR count). The van der Waals surface area contributed by atoms with Gasteiger partial charge in [-0.2, -0.15) is 0 Å². The van der Waals surface area contributed by atoms with Gasteiger partial charge < -0.3 is 5.32 Å². The van der Waals surface area contributed by atoms with Crippen LogP contribution in [0.3, 0.4) is 0 Å². The Bertz CT molecular complexity index is 419. The molecule has 1 unspecified atom stereocenters. The maximum atomic E-state index is 5.10. The van der Waals surface area contributed by atoms with Gasteiger partial charge in [-0.05, 0) is 38.6 Å². The molecule has 0 aromatic carbocycles. The van der Waals surface area contributed by atoms with Crippen LogP contribution in [-0.2, 0) is 6.42 Å². The third kappa shape index (κ3) is 3.25. The van der Waals surface area contributed by atoms with Crippen molar-refractivity contribution in [2.24, 2.45) is 0 Å². The monoisotopic (exact) mass is 292 g/mol. The molecule has 0 amide bonds. The average Bonchev–Trinajstić information content (AvgIpc) is 2.83. The Morgan fingerprint density at radius 2 is 1.80 bits per heavy atom. The molecule has 1 heterocycles. The lowest BCUT2D eigenvalue weighted by Crippen LogP contribution is -2.24. The fourth-order valence-electron chi connectivity index (χ4n) is 3.76. The van der Waals surface area contributed by atoms with E-state index in [2.05, 4.69) is 12.2 Å². The SMILES string of the molecule is CCNC1CCCc2sc(C3CCCCCCC3)nc21. The number of aryl methyl sites for hydroxylation is 1. The molecule has 0 radical (unpaired) electrons. The minimum Gasteiger partial charge on any atom is -0.309 e. The molecule has 1 aromatic rings. The summed E-state index contributed by atoms with van der Waals surface area (Å²) in [7, 11) is 0. The van der Waals surface area contributed by atoms with Crippen molar-refractivity contribution in [3.63, 3.8) is 0 Å². The molecule has 3 heteroatoms. The van der Waals surface area contributed by atoms with Crippen molar-refractivity contribution >= 4 is 11.3 Å². The van der Waals surface area contributed by atoms with Crippen LogP contribution in [-0.4, -0.2) is 11.5 Å². The summed E-state index contributed by atoms with van der Waals surface area (Å²) in [5, 5.41) is 5.08. The molecule has 2 nitrogen and oxygen atoms in total. The van der Waals surface area contributed by atoms with Crippen LogP contribution in [0.4, 0.5) is 0 Å².